The smallest absolute Gasteiger partial charge is 0.276 e. The number of carbonyl (C=O) groups is 2. The zero-order chi connectivity index (χ0) is 20.4. The van der Waals surface area contributed by atoms with Crippen LogP contribution in [0.5, 0.6) is 5.75 Å². The molecule has 0 saturated heterocycles. The second kappa shape index (κ2) is 8.16. The number of ether oxygens (including phenoxy) is 1. The molecule has 10 heteroatoms. The van der Waals surface area contributed by atoms with Crippen LogP contribution in [0.3, 0.4) is 0 Å². The summed E-state index contributed by atoms with van der Waals surface area (Å²) in [6, 6.07) is 12.2. The molecule has 0 fully saturated rings. The summed E-state index contributed by atoms with van der Waals surface area (Å²) in [6.45, 7) is 0. The Kier molecular flexibility index (Phi) is 5.43. The molecule has 2 aromatic heterocycles. The van der Waals surface area contributed by atoms with Crippen molar-refractivity contribution in [2.45, 2.75) is 0 Å². The van der Waals surface area contributed by atoms with E-state index in [1.54, 1.807) is 47.8 Å². The lowest BCUT2D eigenvalue weighted by Gasteiger charge is -2.07. The Balaban J connectivity index is 1.46. The van der Waals surface area contributed by atoms with Gasteiger partial charge in [-0.1, -0.05) is 35.1 Å². The zero-order valence-corrected chi connectivity index (χ0v) is 17.3. The van der Waals surface area contributed by atoms with Crippen LogP contribution in [0.1, 0.15) is 20.8 Å². The monoisotopic (exact) mass is 444 g/mol. The highest BCUT2D eigenvalue weighted by Crippen LogP contribution is 2.29. The van der Waals surface area contributed by atoms with Gasteiger partial charge in [-0.2, -0.15) is 0 Å². The number of amides is 2. The van der Waals surface area contributed by atoms with Gasteiger partial charge in [0, 0.05) is 10.4 Å². The normalized spacial score (nSPS) is 10.7. The van der Waals surface area contributed by atoms with Crippen LogP contribution in [0.2, 0.25) is 5.02 Å². The molecule has 4 rings (SSSR count). The van der Waals surface area contributed by atoms with E-state index < -0.39 is 5.91 Å². The number of nitrogens with zero attached hydrogens (tertiary/aromatic N) is 2. The molecule has 0 bridgehead atoms. The predicted octanol–water partition coefficient (Wildman–Crippen LogP) is 4.92. The second-order valence-electron chi connectivity index (χ2n) is 5.78. The number of anilines is 2. The molecule has 7 nitrogen and oxygen atoms in total. The first-order valence-corrected chi connectivity index (χ1v) is 10.4. The van der Waals surface area contributed by atoms with Gasteiger partial charge in [-0.15, -0.1) is 11.3 Å². The summed E-state index contributed by atoms with van der Waals surface area (Å²) >= 11 is 8.45. The molecule has 2 amide bonds. The average Bonchev–Trinajstić information content (AvgIpc) is 3.34. The lowest BCUT2D eigenvalue weighted by molar-refractivity contribution is 0.101. The fraction of sp³-hybridized carbons (Fsp3) is 0.0526. The molecule has 0 radical (unpaired) electrons. The lowest BCUT2D eigenvalue weighted by atomic mass is 10.2. The van der Waals surface area contributed by atoms with Crippen LogP contribution in [-0.4, -0.2) is 28.9 Å². The summed E-state index contributed by atoms with van der Waals surface area (Å²) in [5, 5.41) is 8.33. The number of hydrogen-bond donors (Lipinski definition) is 2. The van der Waals surface area contributed by atoms with Gasteiger partial charge >= 0.3 is 0 Å². The van der Waals surface area contributed by atoms with E-state index in [-0.39, 0.29) is 11.6 Å². The predicted molar refractivity (Wildman–Crippen MR) is 116 cm³/mol. The van der Waals surface area contributed by atoms with Crippen LogP contribution < -0.4 is 15.4 Å². The van der Waals surface area contributed by atoms with E-state index >= 15 is 0 Å². The Morgan fingerprint density at radius 1 is 1.03 bits per heavy atom. The lowest BCUT2D eigenvalue weighted by Crippen LogP contribution is -2.14. The quantitative estimate of drug-likeness (QED) is 0.455. The van der Waals surface area contributed by atoms with Crippen LogP contribution in [-0.2, 0) is 0 Å². The van der Waals surface area contributed by atoms with Gasteiger partial charge in [0.15, 0.2) is 10.3 Å². The minimum Gasteiger partial charge on any atom is -0.496 e. The van der Waals surface area contributed by atoms with Crippen molar-refractivity contribution in [2.24, 2.45) is 0 Å². The highest BCUT2D eigenvalue weighted by Gasteiger charge is 2.17. The van der Waals surface area contributed by atoms with Crippen molar-refractivity contribution < 1.29 is 14.3 Å². The van der Waals surface area contributed by atoms with Crippen LogP contribution in [0.15, 0.2) is 47.8 Å². The molecule has 0 aliphatic carbocycles. The van der Waals surface area contributed by atoms with E-state index in [1.807, 2.05) is 0 Å². The van der Waals surface area contributed by atoms with E-state index in [0.717, 1.165) is 21.6 Å². The van der Waals surface area contributed by atoms with E-state index in [9.17, 15) is 9.59 Å². The van der Waals surface area contributed by atoms with Crippen molar-refractivity contribution in [3.63, 3.8) is 0 Å². The fourth-order valence-electron chi connectivity index (χ4n) is 2.55. The molecule has 2 N–H and O–H groups in total. The maximum absolute atomic E-state index is 12.5. The SMILES string of the molecule is COc1ccccc1C(=O)Nc1nc(C(=O)Nc2nc3ccc(Cl)cc3s2)cs1. The number of carbonyl (C=O) groups excluding carboxylic acids is 2. The summed E-state index contributed by atoms with van der Waals surface area (Å²) in [5.74, 6) is -0.327. The number of thiazole rings is 2. The molecule has 2 heterocycles. The molecule has 0 spiro atoms. The topological polar surface area (TPSA) is 93.2 Å². The minimum absolute atomic E-state index is 0.183. The van der Waals surface area contributed by atoms with Crippen molar-refractivity contribution in [2.75, 3.05) is 17.7 Å². The first-order chi connectivity index (χ1) is 14.0. The molecular weight excluding hydrogens is 432 g/mol. The van der Waals surface area contributed by atoms with Crippen LogP contribution in [0.25, 0.3) is 10.2 Å². The number of methoxy groups -OCH3 is 1. The number of fused-ring (bicyclic) bond motifs is 1. The number of benzene rings is 2. The molecular formula is C19H13ClN4O3S2. The first-order valence-electron chi connectivity index (χ1n) is 8.31. The van der Waals surface area contributed by atoms with Crippen molar-refractivity contribution in [3.8, 4) is 5.75 Å². The average molecular weight is 445 g/mol. The molecule has 0 aliphatic rings. The first kappa shape index (κ1) is 19.3. The fourth-order valence-corrected chi connectivity index (χ4v) is 4.37. The number of para-hydroxylation sites is 1. The number of aromatic nitrogens is 2. The van der Waals surface area contributed by atoms with E-state index in [0.29, 0.717) is 26.6 Å². The third-order valence-electron chi connectivity index (χ3n) is 3.88. The molecule has 0 aliphatic heterocycles. The number of rotatable bonds is 5. The Labute approximate surface area is 178 Å². The Morgan fingerprint density at radius 3 is 2.66 bits per heavy atom. The van der Waals surface area contributed by atoms with Crippen LogP contribution in [0, 0.1) is 0 Å². The van der Waals surface area contributed by atoms with Gasteiger partial charge < -0.3 is 4.74 Å². The van der Waals surface area contributed by atoms with Gasteiger partial charge in [0.2, 0.25) is 0 Å². The van der Waals surface area contributed by atoms with Gasteiger partial charge in [0.05, 0.1) is 22.9 Å². The molecule has 4 aromatic rings. The molecule has 2 aromatic carbocycles. The maximum Gasteiger partial charge on any atom is 0.276 e. The van der Waals surface area contributed by atoms with E-state index in [2.05, 4.69) is 20.6 Å². The van der Waals surface area contributed by atoms with Gasteiger partial charge in [0.1, 0.15) is 11.4 Å². The van der Waals surface area contributed by atoms with Crippen molar-refractivity contribution >= 4 is 66.6 Å². The summed E-state index contributed by atoms with van der Waals surface area (Å²) in [5.41, 5.74) is 1.31. The van der Waals surface area contributed by atoms with Crippen molar-refractivity contribution in [3.05, 3.63) is 64.1 Å². The van der Waals surface area contributed by atoms with Crippen molar-refractivity contribution in [1.82, 2.24) is 9.97 Å². The number of halogens is 1. The van der Waals surface area contributed by atoms with E-state index in [1.165, 1.54) is 18.4 Å². The maximum atomic E-state index is 12.5. The molecule has 146 valence electrons. The number of nitrogens with one attached hydrogen (secondary N) is 2. The molecule has 0 saturated carbocycles. The summed E-state index contributed by atoms with van der Waals surface area (Å²) in [6.07, 6.45) is 0. The molecule has 29 heavy (non-hydrogen) atoms. The Morgan fingerprint density at radius 2 is 1.83 bits per heavy atom. The summed E-state index contributed by atoms with van der Waals surface area (Å²) in [4.78, 5) is 33.5. The van der Waals surface area contributed by atoms with Crippen LogP contribution >= 0.6 is 34.3 Å². The van der Waals surface area contributed by atoms with E-state index in [4.69, 9.17) is 16.3 Å². The number of hydrogen-bond acceptors (Lipinski definition) is 7. The second-order valence-corrected chi connectivity index (χ2v) is 8.10. The largest absolute Gasteiger partial charge is 0.496 e. The van der Waals surface area contributed by atoms with Crippen LogP contribution in [0.4, 0.5) is 10.3 Å². The minimum atomic E-state index is -0.413. The standard InChI is InChI=1S/C19H13ClN4O3S2/c1-27-14-5-3-2-4-11(14)16(25)23-18-22-13(9-28-18)17(26)24-19-21-12-7-6-10(20)8-15(12)29-19/h2-9H,1H3,(H,21,24,26)(H,22,23,25). The molecule has 0 atom stereocenters. The van der Waals surface area contributed by atoms with Gasteiger partial charge in [-0.25, -0.2) is 9.97 Å². The Hall–Kier alpha value is -3.01. The zero-order valence-electron chi connectivity index (χ0n) is 14.9. The highest BCUT2D eigenvalue weighted by molar-refractivity contribution is 7.22. The Bertz CT molecular complexity index is 1220. The summed E-state index contributed by atoms with van der Waals surface area (Å²) in [7, 11) is 1.49. The van der Waals surface area contributed by atoms with Crippen molar-refractivity contribution in [1.29, 1.82) is 0 Å². The highest BCUT2D eigenvalue weighted by atomic mass is 35.5. The van der Waals surface area contributed by atoms with Gasteiger partial charge in [0.25, 0.3) is 11.8 Å². The third kappa shape index (κ3) is 4.21. The summed E-state index contributed by atoms with van der Waals surface area (Å²) < 4.78 is 6.06. The molecule has 0 unspecified atom stereocenters. The van der Waals surface area contributed by atoms with Gasteiger partial charge in [-0.05, 0) is 30.3 Å². The van der Waals surface area contributed by atoms with Gasteiger partial charge in [-0.3, -0.25) is 20.2 Å². The third-order valence-corrected chi connectivity index (χ3v) is 5.81.